The van der Waals surface area contributed by atoms with Crippen LogP contribution in [0.3, 0.4) is 0 Å². The number of nitrogens with one attached hydrogen (secondary N) is 2. The summed E-state index contributed by atoms with van der Waals surface area (Å²) in [6.45, 7) is 2.65. The van der Waals surface area contributed by atoms with Crippen LogP contribution in [0.5, 0.6) is 0 Å². The normalized spacial score (nSPS) is 16.3. The molecule has 1 atom stereocenters. The Bertz CT molecular complexity index is 898. The van der Waals surface area contributed by atoms with E-state index in [9.17, 15) is 4.79 Å². The minimum atomic E-state index is -0.246. The van der Waals surface area contributed by atoms with Crippen molar-refractivity contribution in [2.75, 3.05) is 5.32 Å². The number of benzene rings is 1. The fraction of sp³-hybridized carbons (Fsp3) is 0.294. The van der Waals surface area contributed by atoms with E-state index in [-0.39, 0.29) is 12.1 Å². The van der Waals surface area contributed by atoms with Crippen molar-refractivity contribution in [2.45, 2.75) is 32.4 Å². The molecule has 2 aromatic heterocycles. The summed E-state index contributed by atoms with van der Waals surface area (Å²) < 4.78 is 3.57. The molecule has 1 unspecified atom stereocenters. The molecule has 1 aliphatic rings. The molecule has 3 aromatic rings. The predicted octanol–water partition coefficient (Wildman–Crippen LogP) is 1.91. The van der Waals surface area contributed by atoms with Crippen molar-refractivity contribution < 1.29 is 4.79 Å². The Morgan fingerprint density at radius 1 is 1.24 bits per heavy atom. The molecular weight excluding hydrogens is 318 g/mol. The quantitative estimate of drug-likeness (QED) is 0.764. The lowest BCUT2D eigenvalue weighted by molar-refractivity contribution is 0.243. The van der Waals surface area contributed by atoms with Crippen LogP contribution in [0.25, 0.3) is 5.69 Å². The average Bonchev–Trinajstić information content (AvgIpc) is 3.24. The van der Waals surface area contributed by atoms with E-state index >= 15 is 0 Å². The number of urea groups is 1. The van der Waals surface area contributed by atoms with Crippen molar-refractivity contribution in [2.24, 2.45) is 0 Å². The Hall–Kier alpha value is -3.16. The zero-order valence-corrected chi connectivity index (χ0v) is 13.9. The van der Waals surface area contributed by atoms with Gasteiger partial charge in [-0.2, -0.15) is 10.2 Å². The van der Waals surface area contributed by atoms with Crippen molar-refractivity contribution in [3.8, 4) is 5.69 Å². The Kier molecular flexibility index (Phi) is 3.93. The molecule has 8 nitrogen and oxygen atoms in total. The third kappa shape index (κ3) is 3.10. The minimum absolute atomic E-state index is 0.0315. The van der Waals surface area contributed by atoms with Crippen molar-refractivity contribution in [1.82, 2.24) is 29.9 Å². The number of fused-ring (bicyclic) bond motifs is 1. The van der Waals surface area contributed by atoms with Gasteiger partial charge in [0.2, 0.25) is 0 Å². The van der Waals surface area contributed by atoms with Gasteiger partial charge < -0.3 is 5.32 Å². The molecule has 4 rings (SSSR count). The molecule has 0 radical (unpaired) electrons. The van der Waals surface area contributed by atoms with Crippen LogP contribution in [-0.2, 0) is 13.0 Å². The maximum Gasteiger partial charge on any atom is 0.320 e. The third-order valence-corrected chi connectivity index (χ3v) is 4.37. The number of hydrogen-bond donors (Lipinski definition) is 2. The first kappa shape index (κ1) is 15.4. The largest absolute Gasteiger partial charge is 0.333 e. The van der Waals surface area contributed by atoms with Gasteiger partial charge in [-0.1, -0.05) is 18.2 Å². The van der Waals surface area contributed by atoms with Crippen molar-refractivity contribution in [3.63, 3.8) is 0 Å². The number of para-hydroxylation sites is 1. The van der Waals surface area contributed by atoms with Gasteiger partial charge in [0, 0.05) is 12.5 Å². The highest BCUT2D eigenvalue weighted by molar-refractivity contribution is 5.88. The summed E-state index contributed by atoms with van der Waals surface area (Å²) in [6.07, 6.45) is 4.89. The third-order valence-electron chi connectivity index (χ3n) is 4.37. The predicted molar refractivity (Wildman–Crippen MR) is 92.6 cm³/mol. The van der Waals surface area contributed by atoms with Crippen LogP contribution in [0.15, 0.2) is 42.9 Å². The van der Waals surface area contributed by atoms with Gasteiger partial charge in [-0.05, 0) is 25.0 Å². The van der Waals surface area contributed by atoms with Crippen LogP contribution in [0.2, 0.25) is 0 Å². The second kappa shape index (κ2) is 6.39. The van der Waals surface area contributed by atoms with Gasteiger partial charge in [0.15, 0.2) is 0 Å². The van der Waals surface area contributed by atoms with Gasteiger partial charge in [-0.3, -0.25) is 5.32 Å². The fourth-order valence-electron chi connectivity index (χ4n) is 3.08. The summed E-state index contributed by atoms with van der Waals surface area (Å²) in [6, 6.07) is 9.47. The van der Waals surface area contributed by atoms with E-state index in [1.54, 1.807) is 23.3 Å². The molecule has 0 aliphatic carbocycles. The lowest BCUT2D eigenvalue weighted by atomic mass is 10.1. The molecule has 2 amide bonds. The number of anilines is 1. The van der Waals surface area contributed by atoms with Crippen molar-refractivity contribution in [1.29, 1.82) is 0 Å². The van der Waals surface area contributed by atoms with E-state index in [1.807, 2.05) is 35.9 Å². The number of carbonyl (C=O) groups is 1. The zero-order valence-electron chi connectivity index (χ0n) is 13.9. The summed E-state index contributed by atoms with van der Waals surface area (Å²) in [7, 11) is 0. The van der Waals surface area contributed by atoms with Gasteiger partial charge >= 0.3 is 6.03 Å². The van der Waals surface area contributed by atoms with E-state index in [4.69, 9.17) is 0 Å². The lowest BCUT2D eigenvalue weighted by Gasteiger charge is -2.23. The van der Waals surface area contributed by atoms with E-state index < -0.39 is 0 Å². The zero-order chi connectivity index (χ0) is 17.2. The van der Waals surface area contributed by atoms with Gasteiger partial charge in [0.25, 0.3) is 0 Å². The fourth-order valence-corrected chi connectivity index (χ4v) is 3.08. The topological polar surface area (TPSA) is 89.7 Å². The summed E-state index contributed by atoms with van der Waals surface area (Å²) in [5, 5.41) is 14.4. The summed E-state index contributed by atoms with van der Waals surface area (Å²) in [4.78, 5) is 16.6. The highest BCUT2D eigenvalue weighted by atomic mass is 16.2. The SMILES string of the molecule is Cc1ccccc1-n1nccc1NC(=O)NC1CCc2ncnn2C1. The molecular formula is C17H19N7O. The summed E-state index contributed by atoms with van der Waals surface area (Å²) in [5.74, 6) is 1.60. The molecule has 8 heteroatoms. The number of aryl methyl sites for hydroxylation is 2. The Morgan fingerprint density at radius 3 is 3.00 bits per heavy atom. The maximum atomic E-state index is 12.4. The van der Waals surface area contributed by atoms with Crippen LogP contribution in [-0.4, -0.2) is 36.6 Å². The molecule has 25 heavy (non-hydrogen) atoms. The van der Waals surface area contributed by atoms with Crippen molar-refractivity contribution in [3.05, 3.63) is 54.2 Å². The molecule has 0 saturated heterocycles. The van der Waals surface area contributed by atoms with E-state index in [1.165, 1.54) is 0 Å². The average molecular weight is 337 g/mol. The van der Waals surface area contributed by atoms with Crippen LogP contribution >= 0.6 is 0 Å². The van der Waals surface area contributed by atoms with Crippen LogP contribution in [0.4, 0.5) is 10.6 Å². The molecule has 0 fully saturated rings. The standard InChI is InChI=1S/C17H19N7O/c1-12-4-2-3-5-14(12)24-16(8-9-19-24)22-17(25)21-13-6-7-15-18-11-20-23(15)10-13/h2-5,8-9,11,13H,6-7,10H2,1H3,(H2,21,22,25). The van der Waals surface area contributed by atoms with Gasteiger partial charge in [0.1, 0.15) is 18.0 Å². The van der Waals surface area contributed by atoms with Gasteiger partial charge in [0.05, 0.1) is 24.5 Å². The second-order valence-electron chi connectivity index (χ2n) is 6.11. The highest BCUT2D eigenvalue weighted by Crippen LogP contribution is 2.18. The van der Waals surface area contributed by atoms with Crippen molar-refractivity contribution >= 4 is 11.8 Å². The molecule has 3 heterocycles. The molecule has 0 bridgehead atoms. The number of nitrogens with zero attached hydrogens (tertiary/aromatic N) is 5. The highest BCUT2D eigenvalue weighted by Gasteiger charge is 2.21. The maximum absolute atomic E-state index is 12.4. The molecule has 0 saturated carbocycles. The smallest absolute Gasteiger partial charge is 0.320 e. The number of amides is 2. The van der Waals surface area contributed by atoms with Gasteiger partial charge in [-0.25, -0.2) is 19.1 Å². The first-order chi connectivity index (χ1) is 12.2. The number of hydrogen-bond acceptors (Lipinski definition) is 4. The van der Waals surface area contributed by atoms with Crippen LogP contribution < -0.4 is 10.6 Å². The second-order valence-corrected chi connectivity index (χ2v) is 6.11. The van der Waals surface area contributed by atoms with E-state index in [0.717, 1.165) is 29.9 Å². The Balaban J connectivity index is 1.44. The Labute approximate surface area is 144 Å². The lowest BCUT2D eigenvalue weighted by Crippen LogP contribution is -2.43. The number of carbonyl (C=O) groups excluding carboxylic acids is 1. The van der Waals surface area contributed by atoms with Crippen LogP contribution in [0.1, 0.15) is 17.8 Å². The summed E-state index contributed by atoms with van der Waals surface area (Å²) in [5.41, 5.74) is 2.02. The number of aromatic nitrogens is 5. The molecule has 128 valence electrons. The molecule has 0 spiro atoms. The monoisotopic (exact) mass is 337 g/mol. The van der Waals surface area contributed by atoms with E-state index in [2.05, 4.69) is 25.8 Å². The van der Waals surface area contributed by atoms with Gasteiger partial charge in [-0.15, -0.1) is 0 Å². The first-order valence-corrected chi connectivity index (χ1v) is 8.25. The minimum Gasteiger partial charge on any atom is -0.333 e. The first-order valence-electron chi connectivity index (χ1n) is 8.25. The molecule has 2 N–H and O–H groups in total. The molecule has 1 aliphatic heterocycles. The van der Waals surface area contributed by atoms with E-state index in [0.29, 0.717) is 12.4 Å². The van der Waals surface area contributed by atoms with Crippen LogP contribution in [0, 0.1) is 6.92 Å². The number of rotatable bonds is 3. The summed E-state index contributed by atoms with van der Waals surface area (Å²) >= 11 is 0. The molecule has 1 aromatic carbocycles. The Morgan fingerprint density at radius 2 is 2.12 bits per heavy atom.